The standard InChI is InChI=1S/C19H16ClN5O2/c20-14-4-6-15(7-5-14)24-25-17-13(10-16(21)23-18(17)22)9-11-2-1-3-12(8-11)19(26)27/h1-8,10H,9H2,(H,26,27)(H4,21,22,23)/b25-24+. The molecule has 0 aliphatic rings. The predicted molar refractivity (Wildman–Crippen MR) is 105 cm³/mol. The second kappa shape index (κ2) is 7.84. The van der Waals surface area contributed by atoms with E-state index in [1.807, 2.05) is 6.07 Å². The minimum atomic E-state index is -0.992. The van der Waals surface area contributed by atoms with Gasteiger partial charge in [0.2, 0.25) is 0 Å². The molecule has 3 rings (SSSR count). The lowest BCUT2D eigenvalue weighted by Gasteiger charge is -2.09. The van der Waals surface area contributed by atoms with Crippen molar-refractivity contribution in [1.82, 2.24) is 4.98 Å². The number of carboxylic acids is 1. The Morgan fingerprint density at radius 3 is 2.52 bits per heavy atom. The largest absolute Gasteiger partial charge is 0.478 e. The molecule has 0 aliphatic carbocycles. The van der Waals surface area contributed by atoms with E-state index < -0.39 is 5.97 Å². The minimum Gasteiger partial charge on any atom is -0.478 e. The van der Waals surface area contributed by atoms with Crippen LogP contribution in [0.1, 0.15) is 21.5 Å². The molecule has 0 saturated carbocycles. The molecule has 27 heavy (non-hydrogen) atoms. The molecule has 0 bridgehead atoms. The number of aromatic nitrogens is 1. The van der Waals surface area contributed by atoms with Gasteiger partial charge in [0.25, 0.3) is 0 Å². The van der Waals surface area contributed by atoms with Gasteiger partial charge in [0.05, 0.1) is 11.3 Å². The van der Waals surface area contributed by atoms with E-state index in [1.54, 1.807) is 42.5 Å². The highest BCUT2D eigenvalue weighted by molar-refractivity contribution is 6.30. The van der Waals surface area contributed by atoms with Crippen LogP contribution in [-0.2, 0) is 6.42 Å². The van der Waals surface area contributed by atoms with Crippen LogP contribution >= 0.6 is 11.6 Å². The molecule has 0 saturated heterocycles. The van der Waals surface area contributed by atoms with Crippen LogP contribution in [0.25, 0.3) is 0 Å². The molecule has 0 radical (unpaired) electrons. The number of aromatic carboxylic acids is 1. The summed E-state index contributed by atoms with van der Waals surface area (Å²) in [4.78, 5) is 15.2. The lowest BCUT2D eigenvalue weighted by atomic mass is 10.0. The van der Waals surface area contributed by atoms with Gasteiger partial charge in [-0.2, -0.15) is 5.11 Å². The molecule has 0 spiro atoms. The number of nitrogen functional groups attached to an aromatic ring is 2. The second-order valence-electron chi connectivity index (χ2n) is 5.80. The fourth-order valence-corrected chi connectivity index (χ4v) is 2.66. The molecule has 3 aromatic rings. The van der Waals surface area contributed by atoms with Crippen molar-refractivity contribution in [2.24, 2.45) is 10.2 Å². The molecule has 0 unspecified atom stereocenters. The fraction of sp³-hybridized carbons (Fsp3) is 0.0526. The van der Waals surface area contributed by atoms with E-state index >= 15 is 0 Å². The first kappa shape index (κ1) is 18.3. The Morgan fingerprint density at radius 2 is 1.81 bits per heavy atom. The summed E-state index contributed by atoms with van der Waals surface area (Å²) < 4.78 is 0. The topological polar surface area (TPSA) is 127 Å². The van der Waals surface area contributed by atoms with Crippen molar-refractivity contribution in [3.8, 4) is 0 Å². The van der Waals surface area contributed by atoms with Gasteiger partial charge in [-0.05, 0) is 60.0 Å². The number of azo groups is 1. The normalized spacial score (nSPS) is 11.0. The Morgan fingerprint density at radius 1 is 1.07 bits per heavy atom. The van der Waals surface area contributed by atoms with E-state index in [1.165, 1.54) is 6.07 Å². The Labute approximate surface area is 160 Å². The summed E-state index contributed by atoms with van der Waals surface area (Å²) >= 11 is 5.86. The van der Waals surface area contributed by atoms with Crippen LogP contribution in [0.15, 0.2) is 64.8 Å². The molecular formula is C19H16ClN5O2. The Hall–Kier alpha value is -3.45. The summed E-state index contributed by atoms with van der Waals surface area (Å²) in [7, 11) is 0. The fourth-order valence-electron chi connectivity index (χ4n) is 2.54. The smallest absolute Gasteiger partial charge is 0.335 e. The zero-order valence-electron chi connectivity index (χ0n) is 14.1. The van der Waals surface area contributed by atoms with Crippen molar-refractivity contribution in [3.63, 3.8) is 0 Å². The van der Waals surface area contributed by atoms with Crippen molar-refractivity contribution in [1.29, 1.82) is 0 Å². The van der Waals surface area contributed by atoms with Gasteiger partial charge in [-0.3, -0.25) is 0 Å². The molecule has 1 aromatic heterocycles. The van der Waals surface area contributed by atoms with Gasteiger partial charge in [-0.15, -0.1) is 5.11 Å². The predicted octanol–water partition coefficient (Wildman–Crippen LogP) is 4.60. The van der Waals surface area contributed by atoms with E-state index in [4.69, 9.17) is 28.2 Å². The number of hydrogen-bond acceptors (Lipinski definition) is 6. The monoisotopic (exact) mass is 381 g/mol. The van der Waals surface area contributed by atoms with Gasteiger partial charge in [-0.25, -0.2) is 9.78 Å². The summed E-state index contributed by atoms with van der Waals surface area (Å²) in [5.74, 6) is -0.590. The molecule has 5 N–H and O–H groups in total. The van der Waals surface area contributed by atoms with Crippen LogP contribution < -0.4 is 11.5 Å². The highest BCUT2D eigenvalue weighted by Crippen LogP contribution is 2.31. The molecule has 7 nitrogen and oxygen atoms in total. The van der Waals surface area contributed by atoms with Gasteiger partial charge >= 0.3 is 5.97 Å². The third-order valence-electron chi connectivity index (χ3n) is 3.78. The lowest BCUT2D eigenvalue weighted by Crippen LogP contribution is -2.02. The van der Waals surface area contributed by atoms with Crippen molar-refractivity contribution < 1.29 is 9.90 Å². The van der Waals surface area contributed by atoms with E-state index in [2.05, 4.69) is 15.2 Å². The molecule has 2 aromatic carbocycles. The Bertz CT molecular complexity index is 1020. The number of hydrogen-bond donors (Lipinski definition) is 3. The summed E-state index contributed by atoms with van der Waals surface area (Å²) in [5, 5.41) is 18.1. The maximum atomic E-state index is 11.2. The third kappa shape index (κ3) is 4.59. The maximum Gasteiger partial charge on any atom is 0.335 e. The second-order valence-corrected chi connectivity index (χ2v) is 6.24. The van der Waals surface area contributed by atoms with Gasteiger partial charge < -0.3 is 16.6 Å². The SMILES string of the molecule is Nc1cc(Cc2cccc(C(=O)O)c2)c(/N=N/c2ccc(Cl)cc2)c(N)n1. The van der Waals surface area contributed by atoms with Crippen LogP contribution in [0.5, 0.6) is 0 Å². The number of carbonyl (C=O) groups is 1. The van der Waals surface area contributed by atoms with Gasteiger partial charge in [0, 0.05) is 5.02 Å². The molecular weight excluding hydrogens is 366 g/mol. The van der Waals surface area contributed by atoms with Crippen LogP contribution in [0.4, 0.5) is 23.0 Å². The molecule has 0 atom stereocenters. The highest BCUT2D eigenvalue weighted by atomic mass is 35.5. The minimum absolute atomic E-state index is 0.150. The summed E-state index contributed by atoms with van der Waals surface area (Å²) in [6, 6.07) is 15.1. The zero-order valence-corrected chi connectivity index (χ0v) is 14.9. The van der Waals surface area contributed by atoms with E-state index in [-0.39, 0.29) is 17.2 Å². The van der Waals surface area contributed by atoms with Crippen molar-refractivity contribution in [2.45, 2.75) is 6.42 Å². The first-order chi connectivity index (χ1) is 12.9. The Balaban J connectivity index is 1.96. The quantitative estimate of drug-likeness (QED) is 0.556. The first-order valence-electron chi connectivity index (χ1n) is 7.97. The number of rotatable bonds is 5. The molecule has 0 fully saturated rings. The first-order valence-corrected chi connectivity index (χ1v) is 8.34. The van der Waals surface area contributed by atoms with Gasteiger partial charge in [0.15, 0.2) is 5.82 Å². The molecule has 8 heteroatoms. The van der Waals surface area contributed by atoms with Crippen molar-refractivity contribution in [2.75, 3.05) is 11.5 Å². The summed E-state index contributed by atoms with van der Waals surface area (Å²) in [6.07, 6.45) is 0.382. The average Bonchev–Trinajstić information content (AvgIpc) is 2.62. The van der Waals surface area contributed by atoms with Crippen molar-refractivity contribution in [3.05, 3.63) is 76.3 Å². The number of anilines is 2. The average molecular weight is 382 g/mol. The van der Waals surface area contributed by atoms with Crippen molar-refractivity contribution >= 4 is 40.6 Å². The number of nitrogens with two attached hydrogens (primary N) is 2. The third-order valence-corrected chi connectivity index (χ3v) is 4.03. The van der Waals surface area contributed by atoms with Crippen LogP contribution in [0, 0.1) is 0 Å². The Kier molecular flexibility index (Phi) is 5.33. The van der Waals surface area contributed by atoms with E-state index in [0.29, 0.717) is 28.4 Å². The molecule has 136 valence electrons. The molecule has 0 aliphatic heterocycles. The van der Waals surface area contributed by atoms with Gasteiger partial charge in [-0.1, -0.05) is 23.7 Å². The number of benzene rings is 2. The maximum absolute atomic E-state index is 11.2. The summed E-state index contributed by atoms with van der Waals surface area (Å²) in [6.45, 7) is 0. The van der Waals surface area contributed by atoms with Crippen LogP contribution in [0.3, 0.4) is 0 Å². The zero-order chi connectivity index (χ0) is 19.4. The highest BCUT2D eigenvalue weighted by Gasteiger charge is 2.12. The van der Waals surface area contributed by atoms with E-state index in [9.17, 15) is 4.79 Å². The number of carboxylic acid groups (broad SMARTS) is 1. The molecule has 0 amide bonds. The lowest BCUT2D eigenvalue weighted by molar-refractivity contribution is 0.0696. The van der Waals surface area contributed by atoms with Crippen LogP contribution in [0.2, 0.25) is 5.02 Å². The number of pyridine rings is 1. The van der Waals surface area contributed by atoms with Crippen LogP contribution in [-0.4, -0.2) is 16.1 Å². The van der Waals surface area contributed by atoms with E-state index in [0.717, 1.165) is 5.56 Å². The van der Waals surface area contributed by atoms with Gasteiger partial charge in [0.1, 0.15) is 11.5 Å². The summed E-state index contributed by atoms with van der Waals surface area (Å²) in [5.41, 5.74) is 14.5. The molecule has 1 heterocycles. The number of nitrogens with zero attached hydrogens (tertiary/aromatic N) is 3. The number of halogens is 1.